The van der Waals surface area contributed by atoms with Gasteiger partial charge in [-0.25, -0.2) is 0 Å². The van der Waals surface area contributed by atoms with Crippen molar-refractivity contribution in [2.75, 3.05) is 26.6 Å². The smallest absolute Gasteiger partial charge is 0.255 e. The summed E-state index contributed by atoms with van der Waals surface area (Å²) < 4.78 is 27.7. The van der Waals surface area contributed by atoms with Gasteiger partial charge in [-0.2, -0.15) is 0 Å². The van der Waals surface area contributed by atoms with Gasteiger partial charge in [0, 0.05) is 16.8 Å². The molecule has 1 N–H and O–H groups in total. The number of carbonyl (C=O) groups excluding carboxylic acids is 1. The minimum absolute atomic E-state index is 0.312. The Kier molecular flexibility index (Phi) is 5.34. The zero-order chi connectivity index (χ0) is 21.1. The van der Waals surface area contributed by atoms with Crippen LogP contribution in [0.5, 0.6) is 34.5 Å². The molecule has 30 heavy (non-hydrogen) atoms. The molecule has 1 aliphatic heterocycles. The zero-order valence-corrected chi connectivity index (χ0v) is 16.9. The predicted molar refractivity (Wildman–Crippen MR) is 111 cm³/mol. The third-order valence-corrected chi connectivity index (χ3v) is 4.70. The van der Waals surface area contributed by atoms with Gasteiger partial charge in [0.25, 0.3) is 5.91 Å². The van der Waals surface area contributed by atoms with Crippen LogP contribution in [-0.2, 0) is 6.61 Å². The summed E-state index contributed by atoms with van der Waals surface area (Å²) in [5.41, 5.74) is 1.82. The fraction of sp³-hybridized carbons (Fsp3) is 0.174. The highest BCUT2D eigenvalue weighted by atomic mass is 16.5. The Hall–Kier alpha value is -3.87. The topological polar surface area (TPSA) is 75.3 Å². The molecule has 0 aromatic heterocycles. The molecule has 3 aromatic carbocycles. The average Bonchev–Trinajstić information content (AvgIpc) is 2.97. The minimum atomic E-state index is -0.312. The lowest BCUT2D eigenvalue weighted by Crippen LogP contribution is -2.13. The molecule has 0 saturated carbocycles. The number of anilines is 1. The number of ether oxygens (including phenoxy) is 5. The molecule has 1 heterocycles. The van der Waals surface area contributed by atoms with Gasteiger partial charge in [-0.05, 0) is 42.5 Å². The summed E-state index contributed by atoms with van der Waals surface area (Å²) in [6, 6.07) is 16.1. The van der Waals surface area contributed by atoms with E-state index in [-0.39, 0.29) is 5.91 Å². The molecule has 0 saturated heterocycles. The molecule has 0 fully saturated rings. The Morgan fingerprint density at radius 1 is 0.867 bits per heavy atom. The second-order valence-electron chi connectivity index (χ2n) is 6.53. The van der Waals surface area contributed by atoms with Crippen molar-refractivity contribution in [2.24, 2.45) is 0 Å². The fourth-order valence-corrected chi connectivity index (χ4v) is 3.21. The van der Waals surface area contributed by atoms with E-state index in [1.165, 1.54) is 21.3 Å². The lowest BCUT2D eigenvalue weighted by Gasteiger charge is -2.14. The highest BCUT2D eigenvalue weighted by Gasteiger charge is 2.19. The molecule has 4 rings (SSSR count). The second kappa shape index (κ2) is 8.24. The second-order valence-corrected chi connectivity index (χ2v) is 6.53. The first kappa shape index (κ1) is 19.4. The highest BCUT2D eigenvalue weighted by Crippen LogP contribution is 2.39. The monoisotopic (exact) mass is 407 g/mol. The molecule has 154 valence electrons. The van der Waals surface area contributed by atoms with Gasteiger partial charge in [-0.1, -0.05) is 12.1 Å². The van der Waals surface area contributed by atoms with E-state index in [1.54, 1.807) is 18.2 Å². The first-order chi connectivity index (χ1) is 14.6. The molecule has 0 bridgehead atoms. The van der Waals surface area contributed by atoms with Crippen molar-refractivity contribution in [3.63, 3.8) is 0 Å². The molecule has 0 spiro atoms. The maximum atomic E-state index is 12.8. The van der Waals surface area contributed by atoms with Gasteiger partial charge in [0.2, 0.25) is 5.75 Å². The van der Waals surface area contributed by atoms with E-state index in [2.05, 4.69) is 5.32 Å². The van der Waals surface area contributed by atoms with Crippen LogP contribution in [0.1, 0.15) is 15.9 Å². The summed E-state index contributed by atoms with van der Waals surface area (Å²) in [5.74, 6) is 2.95. The lowest BCUT2D eigenvalue weighted by molar-refractivity contribution is 0.102. The summed E-state index contributed by atoms with van der Waals surface area (Å²) in [6.07, 6.45) is 0. The van der Waals surface area contributed by atoms with Gasteiger partial charge in [-0.3, -0.25) is 4.79 Å². The van der Waals surface area contributed by atoms with Crippen LogP contribution in [0.2, 0.25) is 0 Å². The van der Waals surface area contributed by atoms with Crippen LogP contribution in [0.4, 0.5) is 5.69 Å². The molecule has 0 aliphatic carbocycles. The largest absolute Gasteiger partial charge is 0.493 e. The van der Waals surface area contributed by atoms with Gasteiger partial charge < -0.3 is 29.0 Å². The van der Waals surface area contributed by atoms with Crippen molar-refractivity contribution in [3.8, 4) is 34.5 Å². The standard InChI is InChI=1S/C23H21NO6/c1-26-20-11-14(12-21(27-2)22(20)28-3)23(25)24-16-8-9-17-15(10-16)13-29-18-6-4-5-7-19(18)30-17/h4-12H,13H2,1-3H3,(H,24,25). The minimum Gasteiger partial charge on any atom is -0.493 e. The third-order valence-electron chi connectivity index (χ3n) is 4.70. The molecular weight excluding hydrogens is 386 g/mol. The Balaban J connectivity index is 1.58. The zero-order valence-electron chi connectivity index (χ0n) is 16.9. The maximum absolute atomic E-state index is 12.8. The molecule has 3 aromatic rings. The average molecular weight is 407 g/mol. The molecule has 0 atom stereocenters. The number of nitrogens with one attached hydrogen (secondary N) is 1. The normalized spacial score (nSPS) is 11.7. The van der Waals surface area contributed by atoms with Crippen LogP contribution in [0.15, 0.2) is 54.6 Å². The van der Waals surface area contributed by atoms with Crippen molar-refractivity contribution >= 4 is 11.6 Å². The number of fused-ring (bicyclic) bond motifs is 2. The van der Waals surface area contributed by atoms with E-state index in [0.717, 1.165) is 5.56 Å². The van der Waals surface area contributed by atoms with E-state index in [9.17, 15) is 4.79 Å². The van der Waals surface area contributed by atoms with Crippen molar-refractivity contribution in [2.45, 2.75) is 6.61 Å². The van der Waals surface area contributed by atoms with Crippen molar-refractivity contribution in [3.05, 3.63) is 65.7 Å². The third kappa shape index (κ3) is 3.69. The Morgan fingerprint density at radius 2 is 1.57 bits per heavy atom. The number of carbonyl (C=O) groups is 1. The van der Waals surface area contributed by atoms with Crippen LogP contribution in [0.25, 0.3) is 0 Å². The maximum Gasteiger partial charge on any atom is 0.255 e. The Bertz CT molecular complexity index is 1070. The predicted octanol–water partition coefficient (Wildman–Crippen LogP) is 4.65. The molecule has 7 heteroatoms. The van der Waals surface area contributed by atoms with Gasteiger partial charge in [0.15, 0.2) is 23.0 Å². The lowest BCUT2D eigenvalue weighted by atomic mass is 10.1. The number of rotatable bonds is 5. The summed E-state index contributed by atoms with van der Waals surface area (Å²) >= 11 is 0. The summed E-state index contributed by atoms with van der Waals surface area (Å²) in [7, 11) is 4.52. The highest BCUT2D eigenvalue weighted by molar-refractivity contribution is 6.05. The summed E-state index contributed by atoms with van der Waals surface area (Å²) in [6.45, 7) is 0.334. The first-order valence-corrected chi connectivity index (χ1v) is 9.27. The molecule has 0 unspecified atom stereocenters. The Morgan fingerprint density at radius 3 is 2.23 bits per heavy atom. The van der Waals surface area contributed by atoms with E-state index in [0.29, 0.717) is 52.4 Å². The van der Waals surface area contributed by atoms with E-state index < -0.39 is 0 Å². The summed E-state index contributed by atoms with van der Waals surface area (Å²) in [4.78, 5) is 12.8. The fourth-order valence-electron chi connectivity index (χ4n) is 3.21. The van der Waals surface area contributed by atoms with E-state index >= 15 is 0 Å². The quantitative estimate of drug-likeness (QED) is 0.664. The van der Waals surface area contributed by atoms with Gasteiger partial charge >= 0.3 is 0 Å². The van der Waals surface area contributed by atoms with Crippen molar-refractivity contribution in [1.29, 1.82) is 0 Å². The number of amides is 1. The number of hydrogen-bond acceptors (Lipinski definition) is 6. The number of para-hydroxylation sites is 2. The number of benzene rings is 3. The van der Waals surface area contributed by atoms with E-state index in [4.69, 9.17) is 23.7 Å². The summed E-state index contributed by atoms with van der Waals surface area (Å²) in [5, 5.41) is 2.89. The van der Waals surface area contributed by atoms with Crippen LogP contribution in [0, 0.1) is 0 Å². The van der Waals surface area contributed by atoms with Gasteiger partial charge in [0.05, 0.1) is 21.3 Å². The molecular formula is C23H21NO6. The molecule has 1 aliphatic rings. The Labute approximate surface area is 174 Å². The molecule has 7 nitrogen and oxygen atoms in total. The van der Waals surface area contributed by atoms with E-state index in [1.807, 2.05) is 36.4 Å². The SMILES string of the molecule is COc1cc(C(=O)Nc2ccc3c(c2)COc2ccccc2O3)cc(OC)c1OC. The van der Waals surface area contributed by atoms with Gasteiger partial charge in [0.1, 0.15) is 12.4 Å². The number of methoxy groups -OCH3 is 3. The van der Waals surface area contributed by atoms with Crippen LogP contribution < -0.4 is 29.0 Å². The van der Waals surface area contributed by atoms with Crippen LogP contribution in [-0.4, -0.2) is 27.2 Å². The molecule has 1 amide bonds. The van der Waals surface area contributed by atoms with Crippen LogP contribution in [0.3, 0.4) is 0 Å². The van der Waals surface area contributed by atoms with Crippen molar-refractivity contribution in [1.82, 2.24) is 0 Å². The van der Waals surface area contributed by atoms with Gasteiger partial charge in [-0.15, -0.1) is 0 Å². The number of hydrogen-bond donors (Lipinski definition) is 1. The van der Waals surface area contributed by atoms with Crippen LogP contribution >= 0.6 is 0 Å². The molecule has 0 radical (unpaired) electrons. The van der Waals surface area contributed by atoms with Crippen molar-refractivity contribution < 1.29 is 28.5 Å². The first-order valence-electron chi connectivity index (χ1n) is 9.27.